The van der Waals surface area contributed by atoms with Crippen molar-refractivity contribution in [3.05, 3.63) is 18.0 Å². The van der Waals surface area contributed by atoms with E-state index in [1.165, 1.54) is 12.8 Å². The van der Waals surface area contributed by atoms with E-state index in [9.17, 15) is 8.42 Å². The third-order valence-electron chi connectivity index (χ3n) is 4.60. The molecular weight excluding hydrogens is 302 g/mol. The molecule has 3 rings (SSSR count). The molecule has 1 aromatic rings. The molecule has 2 fully saturated rings. The monoisotopic (exact) mass is 327 g/mol. The van der Waals surface area contributed by atoms with Crippen molar-refractivity contribution in [2.45, 2.75) is 44.8 Å². The van der Waals surface area contributed by atoms with Crippen LogP contribution in [0.15, 0.2) is 12.4 Å². The highest BCUT2D eigenvalue weighted by Gasteiger charge is 2.41. The molecule has 0 spiro atoms. The Morgan fingerprint density at radius 3 is 2.73 bits per heavy atom. The molecule has 0 unspecified atom stereocenters. The molecule has 124 valence electrons. The molecule has 1 saturated carbocycles. The highest BCUT2D eigenvalue weighted by Crippen LogP contribution is 2.32. The minimum Gasteiger partial charge on any atom is -0.376 e. The number of aryl methyl sites for hydroxylation is 1. The first kappa shape index (κ1) is 16.0. The molecule has 2 heterocycles. The van der Waals surface area contributed by atoms with Crippen molar-refractivity contribution in [2.75, 3.05) is 18.9 Å². The topological polar surface area (TPSA) is 64.4 Å². The molecule has 0 aromatic carbocycles. The number of nitrogens with zero attached hydrogens (tertiary/aromatic N) is 3. The van der Waals surface area contributed by atoms with Crippen molar-refractivity contribution in [1.29, 1.82) is 0 Å². The Morgan fingerprint density at radius 2 is 2.14 bits per heavy atom. The molecule has 0 bridgehead atoms. The van der Waals surface area contributed by atoms with Gasteiger partial charge >= 0.3 is 0 Å². The first-order chi connectivity index (χ1) is 10.5. The summed E-state index contributed by atoms with van der Waals surface area (Å²) in [6, 6.07) is -0.104. The van der Waals surface area contributed by atoms with Gasteiger partial charge in [0.25, 0.3) is 0 Å². The molecule has 2 atom stereocenters. The molecule has 7 heteroatoms. The van der Waals surface area contributed by atoms with Crippen LogP contribution in [0.1, 0.15) is 31.7 Å². The first-order valence-electron chi connectivity index (χ1n) is 8.08. The van der Waals surface area contributed by atoms with E-state index < -0.39 is 10.0 Å². The predicted octanol–water partition coefficient (Wildman–Crippen LogP) is 1.18. The number of hydrogen-bond acceptors (Lipinski definition) is 4. The Bertz CT molecular complexity index is 609. The molecule has 1 saturated heterocycles. The lowest BCUT2D eigenvalue weighted by Gasteiger charge is -2.27. The van der Waals surface area contributed by atoms with Gasteiger partial charge in [0.05, 0.1) is 24.1 Å². The Balaban J connectivity index is 1.74. The second kappa shape index (κ2) is 6.29. The standard InChI is InChI=1S/C15H25N3O3S/c1-3-22(19,20)18-7-6-15(21-11-12-4-5-12)14(18)8-13-9-16-17(2)10-13/h9-10,12,14-15H,3-8,11H2,1-2H3/t14-,15-/m1/s1. The Morgan fingerprint density at radius 1 is 1.36 bits per heavy atom. The zero-order chi connectivity index (χ0) is 15.7. The van der Waals surface area contributed by atoms with Crippen molar-refractivity contribution in [3.8, 4) is 0 Å². The Kier molecular flexibility index (Phi) is 4.56. The van der Waals surface area contributed by atoms with Crippen molar-refractivity contribution in [1.82, 2.24) is 14.1 Å². The second-order valence-electron chi connectivity index (χ2n) is 6.41. The van der Waals surface area contributed by atoms with Crippen LogP contribution in [0.5, 0.6) is 0 Å². The maximum absolute atomic E-state index is 12.4. The number of hydrogen-bond donors (Lipinski definition) is 0. The van der Waals surface area contributed by atoms with E-state index in [0.29, 0.717) is 18.9 Å². The van der Waals surface area contributed by atoms with Gasteiger partial charge in [0, 0.05) is 26.4 Å². The highest BCUT2D eigenvalue weighted by atomic mass is 32.2. The zero-order valence-electron chi connectivity index (χ0n) is 13.3. The van der Waals surface area contributed by atoms with Gasteiger partial charge < -0.3 is 4.74 Å². The van der Waals surface area contributed by atoms with Crippen molar-refractivity contribution >= 4 is 10.0 Å². The fourth-order valence-corrected chi connectivity index (χ4v) is 4.44. The van der Waals surface area contributed by atoms with Gasteiger partial charge in [-0.1, -0.05) is 0 Å². The van der Waals surface area contributed by atoms with E-state index in [1.807, 2.05) is 19.4 Å². The average molecular weight is 327 g/mol. The summed E-state index contributed by atoms with van der Waals surface area (Å²) in [6.07, 6.45) is 7.72. The lowest BCUT2D eigenvalue weighted by molar-refractivity contribution is 0.0305. The summed E-state index contributed by atoms with van der Waals surface area (Å²) >= 11 is 0. The van der Waals surface area contributed by atoms with Crippen LogP contribution in [-0.4, -0.2) is 53.6 Å². The Hall–Kier alpha value is -0.920. The van der Waals surface area contributed by atoms with E-state index in [0.717, 1.165) is 18.6 Å². The number of rotatable bonds is 7. The Labute approximate surface area is 132 Å². The molecule has 22 heavy (non-hydrogen) atoms. The van der Waals surface area contributed by atoms with E-state index >= 15 is 0 Å². The van der Waals surface area contributed by atoms with Gasteiger partial charge in [0.15, 0.2) is 0 Å². The van der Waals surface area contributed by atoms with Crippen LogP contribution in [0.25, 0.3) is 0 Å². The lowest BCUT2D eigenvalue weighted by atomic mass is 10.1. The van der Waals surface area contributed by atoms with E-state index in [2.05, 4.69) is 5.10 Å². The third kappa shape index (κ3) is 3.52. The van der Waals surface area contributed by atoms with Crippen molar-refractivity contribution in [2.24, 2.45) is 13.0 Å². The molecule has 2 aliphatic rings. The van der Waals surface area contributed by atoms with Gasteiger partial charge in [-0.25, -0.2) is 8.42 Å². The molecule has 6 nitrogen and oxygen atoms in total. The number of ether oxygens (including phenoxy) is 1. The largest absolute Gasteiger partial charge is 0.376 e. The highest BCUT2D eigenvalue weighted by molar-refractivity contribution is 7.89. The van der Waals surface area contributed by atoms with E-state index in [4.69, 9.17) is 4.74 Å². The van der Waals surface area contributed by atoms with Crippen LogP contribution in [0.4, 0.5) is 0 Å². The fraction of sp³-hybridized carbons (Fsp3) is 0.800. The maximum Gasteiger partial charge on any atom is 0.214 e. The minimum absolute atomic E-state index is 0.00197. The van der Waals surface area contributed by atoms with Gasteiger partial charge in [-0.3, -0.25) is 4.68 Å². The lowest BCUT2D eigenvalue weighted by Crippen LogP contribution is -2.42. The normalized spacial score (nSPS) is 26.6. The van der Waals surface area contributed by atoms with Crippen LogP contribution in [0, 0.1) is 5.92 Å². The van der Waals surface area contributed by atoms with Gasteiger partial charge in [-0.2, -0.15) is 9.40 Å². The summed E-state index contributed by atoms with van der Waals surface area (Å²) < 4.78 is 34.2. The van der Waals surface area contributed by atoms with Gasteiger partial charge in [0.2, 0.25) is 10.0 Å². The molecule has 0 N–H and O–H groups in total. The molecular formula is C15H25N3O3S. The third-order valence-corrected chi connectivity index (χ3v) is 6.50. The van der Waals surface area contributed by atoms with Crippen LogP contribution in [0.3, 0.4) is 0 Å². The van der Waals surface area contributed by atoms with Gasteiger partial charge in [0.1, 0.15) is 0 Å². The van der Waals surface area contributed by atoms with Crippen molar-refractivity contribution in [3.63, 3.8) is 0 Å². The van der Waals surface area contributed by atoms with E-state index in [1.54, 1.807) is 15.9 Å². The summed E-state index contributed by atoms with van der Waals surface area (Å²) in [6.45, 7) is 3.04. The summed E-state index contributed by atoms with van der Waals surface area (Å²) in [5.41, 5.74) is 1.06. The molecule has 1 aliphatic heterocycles. The quantitative estimate of drug-likeness (QED) is 0.754. The molecule has 1 aliphatic carbocycles. The number of sulfonamides is 1. The van der Waals surface area contributed by atoms with Crippen molar-refractivity contribution < 1.29 is 13.2 Å². The van der Waals surface area contributed by atoms with E-state index in [-0.39, 0.29) is 17.9 Å². The number of aromatic nitrogens is 2. The van der Waals surface area contributed by atoms with Crippen LogP contribution >= 0.6 is 0 Å². The zero-order valence-corrected chi connectivity index (χ0v) is 14.1. The summed E-state index contributed by atoms with van der Waals surface area (Å²) in [5, 5.41) is 4.18. The van der Waals surface area contributed by atoms with Crippen LogP contribution in [0.2, 0.25) is 0 Å². The summed E-state index contributed by atoms with van der Waals surface area (Å²) in [4.78, 5) is 0. The molecule has 0 amide bonds. The summed E-state index contributed by atoms with van der Waals surface area (Å²) in [7, 11) is -1.32. The molecule has 1 aromatic heterocycles. The SMILES string of the molecule is CCS(=O)(=O)N1CC[C@@H](OCC2CC2)[C@H]1Cc1cnn(C)c1. The summed E-state index contributed by atoms with van der Waals surface area (Å²) in [5.74, 6) is 0.835. The average Bonchev–Trinajstić information content (AvgIpc) is 3.10. The van der Waals surface area contributed by atoms with Gasteiger partial charge in [-0.15, -0.1) is 0 Å². The van der Waals surface area contributed by atoms with Crippen LogP contribution < -0.4 is 0 Å². The molecule has 0 radical (unpaired) electrons. The fourth-order valence-electron chi connectivity index (χ4n) is 3.10. The maximum atomic E-state index is 12.4. The second-order valence-corrected chi connectivity index (χ2v) is 8.62. The van der Waals surface area contributed by atoms with Crippen LogP contribution in [-0.2, 0) is 28.2 Å². The minimum atomic E-state index is -3.19. The predicted molar refractivity (Wildman–Crippen MR) is 83.9 cm³/mol. The smallest absolute Gasteiger partial charge is 0.214 e. The first-order valence-corrected chi connectivity index (χ1v) is 9.69. The van der Waals surface area contributed by atoms with Gasteiger partial charge in [-0.05, 0) is 44.1 Å².